The monoisotopic (exact) mass is 559 g/mol. The lowest BCUT2D eigenvalue weighted by Gasteiger charge is -2.22. The largest absolute Gasteiger partial charge is 0.344 e. The predicted octanol–water partition coefficient (Wildman–Crippen LogP) is 4.13. The number of nitrogens with one attached hydrogen (secondary N) is 1. The summed E-state index contributed by atoms with van der Waals surface area (Å²) in [6.07, 6.45) is 6.57. The molecule has 0 saturated heterocycles. The number of imidazole rings is 1. The minimum absolute atomic E-state index is 0.0775. The molecule has 1 N–H and O–H groups in total. The molecule has 40 heavy (non-hydrogen) atoms. The van der Waals surface area contributed by atoms with Crippen LogP contribution in [0.1, 0.15) is 60.1 Å². The van der Waals surface area contributed by atoms with Crippen molar-refractivity contribution in [3.8, 4) is 6.07 Å². The molecule has 12 heteroatoms. The number of nitrogens with zero attached hydrogens (tertiary/aromatic N) is 8. The van der Waals surface area contributed by atoms with Crippen molar-refractivity contribution < 1.29 is 9.59 Å². The van der Waals surface area contributed by atoms with E-state index in [2.05, 4.69) is 21.3 Å². The molecule has 0 unspecified atom stereocenters. The number of aromatic nitrogens is 5. The van der Waals surface area contributed by atoms with Crippen molar-refractivity contribution >= 4 is 56.2 Å². The Morgan fingerprint density at radius 2 is 1.95 bits per heavy atom. The Kier molecular flexibility index (Phi) is 6.70. The number of fused-ring (bicyclic) bond motifs is 3. The van der Waals surface area contributed by atoms with Crippen LogP contribution in [0.5, 0.6) is 0 Å². The highest BCUT2D eigenvalue weighted by atomic mass is 32.1. The number of hydrogen-bond acceptors (Lipinski definition) is 8. The first-order valence-corrected chi connectivity index (χ1v) is 14.6. The summed E-state index contributed by atoms with van der Waals surface area (Å²) >= 11 is 1.46. The van der Waals surface area contributed by atoms with Gasteiger partial charge in [0.1, 0.15) is 16.9 Å². The number of pyridine rings is 1. The van der Waals surface area contributed by atoms with Crippen LogP contribution in [0, 0.1) is 18.3 Å². The molecule has 0 bridgehead atoms. The SMILES string of the molecule is CCn1c(C(=O)N(C2CC2)C2CC2)cc2c3c(ncn3C)c(Nc3nc(CC(=O)N(C)CCC#N)c(C)s3)nc21. The molecular weight excluding hydrogens is 526 g/mol. The van der Waals surface area contributed by atoms with E-state index in [-0.39, 0.29) is 18.2 Å². The zero-order valence-corrected chi connectivity index (χ0v) is 24.1. The Labute approximate surface area is 236 Å². The van der Waals surface area contributed by atoms with Gasteiger partial charge in [-0.25, -0.2) is 15.0 Å². The van der Waals surface area contributed by atoms with E-state index in [4.69, 9.17) is 15.2 Å². The highest BCUT2D eigenvalue weighted by molar-refractivity contribution is 7.15. The van der Waals surface area contributed by atoms with Crippen molar-refractivity contribution in [2.45, 2.75) is 71.0 Å². The van der Waals surface area contributed by atoms with E-state index in [1.54, 1.807) is 18.3 Å². The van der Waals surface area contributed by atoms with Crippen molar-refractivity contribution in [3.63, 3.8) is 0 Å². The van der Waals surface area contributed by atoms with Crippen molar-refractivity contribution in [3.05, 3.63) is 28.7 Å². The molecule has 0 atom stereocenters. The maximum atomic E-state index is 13.8. The van der Waals surface area contributed by atoms with Crippen LogP contribution in [0.25, 0.3) is 22.1 Å². The Morgan fingerprint density at radius 1 is 1.23 bits per heavy atom. The Bertz CT molecular complexity index is 1660. The molecule has 2 aliphatic carbocycles. The van der Waals surface area contributed by atoms with E-state index in [9.17, 15) is 9.59 Å². The standard InChI is InChI=1S/C28H33N9O2S/c1-5-36-21(27(39)37(17-7-8-17)18-9-10-18)13-19-24-23(30-15-35(24)4)25(32-26(19)36)33-28-31-20(16(2)40-28)14-22(38)34(3)12-6-11-29/h13,15,17-18H,5-10,12,14H2,1-4H3,(H,31,32,33). The molecule has 2 amide bonds. The van der Waals surface area contributed by atoms with Gasteiger partial charge in [0.05, 0.1) is 36.4 Å². The molecule has 0 aromatic carbocycles. The number of amides is 2. The normalized spacial score (nSPS) is 15.0. The number of hydrogen-bond donors (Lipinski definition) is 1. The highest BCUT2D eigenvalue weighted by Crippen LogP contribution is 2.40. The molecule has 208 valence electrons. The number of nitriles is 1. The zero-order chi connectivity index (χ0) is 28.1. The number of thiazole rings is 1. The summed E-state index contributed by atoms with van der Waals surface area (Å²) in [5, 5.41) is 13.7. The molecule has 4 aromatic rings. The van der Waals surface area contributed by atoms with E-state index in [1.165, 1.54) is 11.3 Å². The van der Waals surface area contributed by atoms with Crippen LogP contribution < -0.4 is 5.32 Å². The van der Waals surface area contributed by atoms with Crippen LogP contribution in [0.3, 0.4) is 0 Å². The van der Waals surface area contributed by atoms with Gasteiger partial charge in [0.25, 0.3) is 5.91 Å². The summed E-state index contributed by atoms with van der Waals surface area (Å²) in [6, 6.07) is 4.79. The van der Waals surface area contributed by atoms with Crippen molar-refractivity contribution in [1.29, 1.82) is 5.26 Å². The molecule has 4 aromatic heterocycles. The Balaban J connectivity index is 1.35. The van der Waals surface area contributed by atoms with Crippen LogP contribution in [0.4, 0.5) is 10.9 Å². The van der Waals surface area contributed by atoms with E-state index < -0.39 is 0 Å². The fourth-order valence-corrected chi connectivity index (χ4v) is 6.16. The summed E-state index contributed by atoms with van der Waals surface area (Å²) in [5.74, 6) is 0.583. The molecule has 2 fully saturated rings. The smallest absolute Gasteiger partial charge is 0.271 e. The van der Waals surface area contributed by atoms with Gasteiger partial charge in [-0.05, 0) is 45.6 Å². The molecular formula is C28H33N9O2S. The Hall–Kier alpha value is -3.98. The van der Waals surface area contributed by atoms with Gasteiger partial charge < -0.3 is 24.3 Å². The lowest BCUT2D eigenvalue weighted by molar-refractivity contribution is -0.129. The van der Waals surface area contributed by atoms with Gasteiger partial charge in [-0.1, -0.05) is 0 Å². The summed E-state index contributed by atoms with van der Waals surface area (Å²) in [5.41, 5.74) is 3.71. The van der Waals surface area contributed by atoms with Gasteiger partial charge in [0.15, 0.2) is 10.9 Å². The van der Waals surface area contributed by atoms with E-state index in [0.29, 0.717) is 59.4 Å². The molecule has 2 saturated carbocycles. The summed E-state index contributed by atoms with van der Waals surface area (Å²) < 4.78 is 3.98. The fourth-order valence-electron chi connectivity index (χ4n) is 5.33. The maximum absolute atomic E-state index is 13.8. The first-order chi connectivity index (χ1) is 19.3. The quantitative estimate of drug-likeness (QED) is 0.310. The number of carbonyl (C=O) groups excluding carboxylic acids is 2. The van der Waals surface area contributed by atoms with Gasteiger partial charge in [-0.15, -0.1) is 11.3 Å². The second-order valence-electron chi connectivity index (χ2n) is 10.7. The van der Waals surface area contributed by atoms with E-state index in [1.807, 2.05) is 36.1 Å². The second kappa shape index (κ2) is 10.2. The van der Waals surface area contributed by atoms with Crippen LogP contribution in [-0.4, -0.2) is 71.4 Å². The van der Waals surface area contributed by atoms with Crippen molar-refractivity contribution in [2.75, 3.05) is 18.9 Å². The zero-order valence-electron chi connectivity index (χ0n) is 23.3. The maximum Gasteiger partial charge on any atom is 0.271 e. The minimum atomic E-state index is -0.0775. The number of anilines is 2. The summed E-state index contributed by atoms with van der Waals surface area (Å²) in [4.78, 5) is 45.4. The van der Waals surface area contributed by atoms with Gasteiger partial charge in [-0.2, -0.15) is 5.26 Å². The predicted molar refractivity (Wildman–Crippen MR) is 154 cm³/mol. The number of aryl methyl sites for hydroxylation is 3. The number of rotatable bonds is 10. The van der Waals surface area contributed by atoms with Crippen LogP contribution in [0.15, 0.2) is 12.4 Å². The van der Waals surface area contributed by atoms with Gasteiger partial charge >= 0.3 is 0 Å². The topological polar surface area (TPSA) is 125 Å². The van der Waals surface area contributed by atoms with E-state index in [0.717, 1.165) is 47.1 Å². The molecule has 2 aliphatic rings. The molecule has 0 aliphatic heterocycles. The first-order valence-electron chi connectivity index (χ1n) is 13.8. The molecule has 11 nitrogen and oxygen atoms in total. The van der Waals surface area contributed by atoms with E-state index >= 15 is 0 Å². The van der Waals surface area contributed by atoms with Crippen molar-refractivity contribution in [2.24, 2.45) is 7.05 Å². The number of carbonyl (C=O) groups is 2. The van der Waals surface area contributed by atoms with Gasteiger partial charge in [0, 0.05) is 49.5 Å². The summed E-state index contributed by atoms with van der Waals surface area (Å²) in [7, 11) is 3.65. The average molecular weight is 560 g/mol. The molecule has 0 spiro atoms. The van der Waals surface area contributed by atoms with Crippen molar-refractivity contribution in [1.82, 2.24) is 33.9 Å². The van der Waals surface area contributed by atoms with Gasteiger partial charge in [-0.3, -0.25) is 9.59 Å². The van der Waals surface area contributed by atoms with Crippen LogP contribution >= 0.6 is 11.3 Å². The lowest BCUT2D eigenvalue weighted by Crippen LogP contribution is -2.36. The number of likely N-dealkylation sites (N-methyl/N-ethyl adjacent to an activating group) is 1. The molecule has 4 heterocycles. The molecule has 6 rings (SSSR count). The average Bonchev–Trinajstić information content (AvgIpc) is 3.85. The third-order valence-electron chi connectivity index (χ3n) is 7.77. The fraction of sp³-hybridized carbons (Fsp3) is 0.500. The third kappa shape index (κ3) is 4.68. The minimum Gasteiger partial charge on any atom is -0.344 e. The third-order valence-corrected chi connectivity index (χ3v) is 8.70. The van der Waals surface area contributed by atoms with Crippen LogP contribution in [-0.2, 0) is 24.8 Å². The second-order valence-corrected chi connectivity index (χ2v) is 11.9. The highest BCUT2D eigenvalue weighted by Gasteiger charge is 2.43. The first kappa shape index (κ1) is 26.3. The van der Waals surface area contributed by atoms with Crippen LogP contribution in [0.2, 0.25) is 0 Å². The Morgan fingerprint density at radius 3 is 2.60 bits per heavy atom. The van der Waals surface area contributed by atoms with Gasteiger partial charge in [0.2, 0.25) is 5.91 Å². The lowest BCUT2D eigenvalue weighted by atomic mass is 10.2. The summed E-state index contributed by atoms with van der Waals surface area (Å²) in [6.45, 7) is 4.99. The molecule has 0 radical (unpaired) electrons.